The number of rotatable bonds is 9. The van der Waals surface area contributed by atoms with E-state index in [0.29, 0.717) is 37.6 Å². The minimum absolute atomic E-state index is 0.0266. The first kappa shape index (κ1) is 16.2. The Hall–Kier alpha value is -1.90. The molecule has 5 N–H and O–H groups in total. The molecule has 0 radical (unpaired) electrons. The van der Waals surface area contributed by atoms with Crippen molar-refractivity contribution in [2.45, 2.75) is 0 Å². The van der Waals surface area contributed by atoms with Gasteiger partial charge < -0.3 is 26.2 Å². The Labute approximate surface area is 117 Å². The summed E-state index contributed by atoms with van der Waals surface area (Å²) < 4.78 is 0. The highest BCUT2D eigenvalue weighted by Crippen LogP contribution is 2.30. The molecule has 1 rings (SSSR count). The number of hydrogen-bond donors (Lipinski definition) is 4. The molecule has 112 valence electrons. The number of hydrogen-bond acceptors (Lipinski definition) is 7. The van der Waals surface area contributed by atoms with Crippen molar-refractivity contribution in [3.63, 3.8) is 0 Å². The van der Waals surface area contributed by atoms with E-state index in [2.05, 4.69) is 5.32 Å². The van der Waals surface area contributed by atoms with E-state index >= 15 is 0 Å². The third kappa shape index (κ3) is 4.34. The van der Waals surface area contributed by atoms with Crippen LogP contribution in [0, 0.1) is 10.1 Å². The van der Waals surface area contributed by atoms with Crippen LogP contribution in [0.15, 0.2) is 18.2 Å². The molecule has 0 unspecified atom stereocenters. The van der Waals surface area contributed by atoms with Crippen LogP contribution in [0.4, 0.5) is 17.1 Å². The summed E-state index contributed by atoms with van der Waals surface area (Å²) in [6.45, 7) is 1.37. The van der Waals surface area contributed by atoms with Gasteiger partial charge in [0.25, 0.3) is 5.69 Å². The highest BCUT2D eigenvalue weighted by Gasteiger charge is 2.15. The summed E-state index contributed by atoms with van der Waals surface area (Å²) >= 11 is 0. The van der Waals surface area contributed by atoms with Gasteiger partial charge in [-0.1, -0.05) is 0 Å². The van der Waals surface area contributed by atoms with Gasteiger partial charge in [0.1, 0.15) is 0 Å². The zero-order valence-corrected chi connectivity index (χ0v) is 11.2. The smallest absolute Gasteiger partial charge is 0.271 e. The zero-order valence-electron chi connectivity index (χ0n) is 11.2. The molecule has 20 heavy (non-hydrogen) atoms. The Morgan fingerprint density at radius 3 is 2.45 bits per heavy atom. The van der Waals surface area contributed by atoms with Gasteiger partial charge in [-0.05, 0) is 6.07 Å². The Bertz CT molecular complexity index is 435. The van der Waals surface area contributed by atoms with Gasteiger partial charge in [0.15, 0.2) is 0 Å². The lowest BCUT2D eigenvalue weighted by Crippen LogP contribution is -2.30. The molecular weight excluding hydrogens is 264 g/mol. The van der Waals surface area contributed by atoms with E-state index in [4.69, 9.17) is 15.9 Å². The van der Waals surface area contributed by atoms with E-state index in [0.717, 1.165) is 0 Å². The van der Waals surface area contributed by atoms with Crippen LogP contribution in [-0.2, 0) is 0 Å². The number of aliphatic hydroxyl groups is 2. The topological polar surface area (TPSA) is 125 Å². The first-order valence-electron chi connectivity index (χ1n) is 6.33. The third-order valence-electron chi connectivity index (χ3n) is 2.73. The van der Waals surface area contributed by atoms with Crippen molar-refractivity contribution in [1.82, 2.24) is 0 Å². The number of benzene rings is 1. The molecule has 0 amide bonds. The Balaban J connectivity index is 3.10. The number of nitrogens with one attached hydrogen (secondary N) is 1. The monoisotopic (exact) mass is 284 g/mol. The standard InChI is InChI=1S/C12H20N4O4/c13-3-4-14-11-9-10(16(19)20)1-2-12(11)15(5-7-17)6-8-18/h1-2,9,14,17-18H,3-8,13H2. The SMILES string of the molecule is NCCNc1cc([N+](=O)[O-])ccc1N(CCO)CCO. The molecule has 0 bridgehead atoms. The second-order valence-electron chi connectivity index (χ2n) is 4.11. The maximum absolute atomic E-state index is 10.8. The van der Waals surface area contributed by atoms with E-state index in [1.54, 1.807) is 11.0 Å². The molecule has 0 saturated carbocycles. The molecule has 0 aromatic heterocycles. The molecular formula is C12H20N4O4. The largest absolute Gasteiger partial charge is 0.395 e. The lowest BCUT2D eigenvalue weighted by molar-refractivity contribution is -0.384. The Kier molecular flexibility index (Phi) is 6.71. The van der Waals surface area contributed by atoms with E-state index < -0.39 is 4.92 Å². The number of anilines is 2. The van der Waals surface area contributed by atoms with Crippen LogP contribution >= 0.6 is 0 Å². The van der Waals surface area contributed by atoms with E-state index in [9.17, 15) is 10.1 Å². The fourth-order valence-electron chi connectivity index (χ4n) is 1.86. The summed E-state index contributed by atoms with van der Waals surface area (Å²) in [6, 6.07) is 4.42. The van der Waals surface area contributed by atoms with E-state index in [1.807, 2.05) is 0 Å². The summed E-state index contributed by atoms with van der Waals surface area (Å²) in [6.07, 6.45) is 0. The quantitative estimate of drug-likeness (QED) is 0.364. The van der Waals surface area contributed by atoms with Crippen LogP contribution in [0.1, 0.15) is 0 Å². The van der Waals surface area contributed by atoms with E-state index in [1.165, 1.54) is 12.1 Å². The number of non-ortho nitro benzene ring substituents is 1. The summed E-state index contributed by atoms with van der Waals surface area (Å²) in [5.41, 5.74) is 6.65. The van der Waals surface area contributed by atoms with Gasteiger partial charge in [0.2, 0.25) is 0 Å². The minimum Gasteiger partial charge on any atom is -0.395 e. The van der Waals surface area contributed by atoms with Gasteiger partial charge >= 0.3 is 0 Å². The predicted molar refractivity (Wildman–Crippen MR) is 77.0 cm³/mol. The van der Waals surface area contributed by atoms with Crippen LogP contribution in [0.5, 0.6) is 0 Å². The summed E-state index contributed by atoms with van der Waals surface area (Å²) in [5.74, 6) is 0. The second-order valence-corrected chi connectivity index (χ2v) is 4.11. The van der Waals surface area contributed by atoms with Crippen molar-refractivity contribution >= 4 is 17.1 Å². The van der Waals surface area contributed by atoms with Gasteiger partial charge in [-0.15, -0.1) is 0 Å². The molecule has 1 aromatic rings. The molecule has 0 spiro atoms. The van der Waals surface area contributed by atoms with Crippen molar-refractivity contribution in [3.05, 3.63) is 28.3 Å². The third-order valence-corrected chi connectivity index (χ3v) is 2.73. The molecule has 0 heterocycles. The fourth-order valence-corrected chi connectivity index (χ4v) is 1.86. The Morgan fingerprint density at radius 2 is 1.95 bits per heavy atom. The van der Waals surface area contributed by atoms with Crippen molar-refractivity contribution in [3.8, 4) is 0 Å². The van der Waals surface area contributed by atoms with Crippen molar-refractivity contribution in [2.24, 2.45) is 5.73 Å². The number of nitrogens with two attached hydrogens (primary N) is 1. The van der Waals surface area contributed by atoms with Gasteiger partial charge in [-0.3, -0.25) is 10.1 Å². The van der Waals surface area contributed by atoms with Crippen molar-refractivity contribution in [2.75, 3.05) is 49.6 Å². The van der Waals surface area contributed by atoms with E-state index in [-0.39, 0.29) is 18.9 Å². The van der Waals surface area contributed by atoms with Crippen LogP contribution in [-0.4, -0.2) is 54.5 Å². The van der Waals surface area contributed by atoms with Crippen LogP contribution in [0.25, 0.3) is 0 Å². The summed E-state index contributed by atoms with van der Waals surface area (Å²) in [5, 5.41) is 32.0. The summed E-state index contributed by atoms with van der Waals surface area (Å²) in [7, 11) is 0. The number of nitro groups is 1. The fraction of sp³-hybridized carbons (Fsp3) is 0.500. The van der Waals surface area contributed by atoms with Crippen LogP contribution in [0.3, 0.4) is 0 Å². The highest BCUT2D eigenvalue weighted by molar-refractivity contribution is 5.73. The second kappa shape index (κ2) is 8.31. The first-order chi connectivity index (χ1) is 9.63. The zero-order chi connectivity index (χ0) is 15.0. The van der Waals surface area contributed by atoms with Crippen LogP contribution < -0.4 is 16.0 Å². The number of aliphatic hydroxyl groups excluding tert-OH is 2. The first-order valence-corrected chi connectivity index (χ1v) is 6.33. The minimum atomic E-state index is -0.472. The molecule has 0 saturated heterocycles. The van der Waals surface area contributed by atoms with Crippen molar-refractivity contribution < 1.29 is 15.1 Å². The maximum Gasteiger partial charge on any atom is 0.271 e. The lowest BCUT2D eigenvalue weighted by atomic mass is 10.2. The predicted octanol–water partition coefficient (Wildman–Crippen LogP) is -0.244. The maximum atomic E-state index is 10.8. The van der Waals surface area contributed by atoms with Gasteiger partial charge in [-0.2, -0.15) is 0 Å². The summed E-state index contributed by atoms with van der Waals surface area (Å²) in [4.78, 5) is 12.1. The Morgan fingerprint density at radius 1 is 1.30 bits per heavy atom. The molecule has 1 aromatic carbocycles. The molecule has 0 aliphatic heterocycles. The molecule has 0 aliphatic carbocycles. The van der Waals surface area contributed by atoms with Crippen molar-refractivity contribution in [1.29, 1.82) is 0 Å². The normalized spacial score (nSPS) is 10.3. The van der Waals surface area contributed by atoms with Gasteiger partial charge in [-0.25, -0.2) is 0 Å². The molecule has 8 nitrogen and oxygen atoms in total. The highest BCUT2D eigenvalue weighted by atomic mass is 16.6. The molecule has 8 heteroatoms. The number of nitrogens with zero attached hydrogens (tertiary/aromatic N) is 2. The molecule has 0 fully saturated rings. The van der Waals surface area contributed by atoms with Gasteiger partial charge in [0.05, 0.1) is 29.5 Å². The average Bonchev–Trinajstić information content (AvgIpc) is 2.44. The van der Waals surface area contributed by atoms with Crippen LogP contribution in [0.2, 0.25) is 0 Å². The molecule has 0 aliphatic rings. The number of nitro benzene ring substituents is 1. The average molecular weight is 284 g/mol. The lowest BCUT2D eigenvalue weighted by Gasteiger charge is -2.25. The van der Waals surface area contributed by atoms with Gasteiger partial charge in [0, 0.05) is 38.3 Å². The molecule has 0 atom stereocenters.